The summed E-state index contributed by atoms with van der Waals surface area (Å²) in [4.78, 5) is 10.6. The molecule has 13 rings (SSSR count). The number of hydrogen-bond donors (Lipinski definition) is 0. The van der Waals surface area contributed by atoms with E-state index in [0.717, 1.165) is 72.6 Å². The summed E-state index contributed by atoms with van der Waals surface area (Å²) in [5, 5.41) is 12.6. The Morgan fingerprint density at radius 3 is 1.50 bits per heavy atom. The Balaban J connectivity index is 1.02. The maximum atomic E-state index is 5.42. The smallest absolute Gasteiger partial charge is 0.160 e. The fourth-order valence-corrected chi connectivity index (χ4v) is 9.64. The van der Waals surface area contributed by atoms with Crippen molar-refractivity contribution in [3.8, 4) is 67.5 Å². The lowest BCUT2D eigenvalue weighted by Crippen LogP contribution is -1.96. The van der Waals surface area contributed by atoms with Crippen molar-refractivity contribution in [2.75, 3.05) is 0 Å². The Morgan fingerprint density at radius 2 is 0.855 bits per heavy atom. The Bertz CT molecular complexity index is 3750. The van der Waals surface area contributed by atoms with Crippen molar-refractivity contribution in [2.45, 2.75) is 0 Å². The molecule has 8 aromatic carbocycles. The molecule has 0 amide bonds. The van der Waals surface area contributed by atoms with Gasteiger partial charge in [0, 0.05) is 60.3 Å². The van der Waals surface area contributed by atoms with Crippen LogP contribution in [0.15, 0.2) is 212 Å². The van der Waals surface area contributed by atoms with Gasteiger partial charge in [0.15, 0.2) is 5.82 Å². The Kier molecular flexibility index (Phi) is 7.54. The van der Waals surface area contributed by atoms with Crippen LogP contribution in [0.25, 0.3) is 122 Å². The van der Waals surface area contributed by atoms with E-state index in [1.54, 1.807) is 0 Å². The fourth-order valence-electron chi connectivity index (χ4n) is 9.64. The molecular weight excluding hydrogens is 755 g/mol. The number of fused-ring (bicyclic) bond motifs is 9. The van der Waals surface area contributed by atoms with Crippen LogP contribution < -0.4 is 0 Å². The van der Waals surface area contributed by atoms with E-state index < -0.39 is 0 Å². The lowest BCUT2D eigenvalue weighted by Gasteiger charge is -2.12. The zero-order chi connectivity index (χ0) is 40.7. The molecule has 5 nitrogen and oxygen atoms in total. The highest BCUT2D eigenvalue weighted by molar-refractivity contribution is 6.24. The molecule has 0 aliphatic heterocycles. The first-order chi connectivity index (χ1) is 30.7. The zero-order valence-electron chi connectivity index (χ0n) is 33.4. The van der Waals surface area contributed by atoms with Gasteiger partial charge < -0.3 is 4.40 Å². The van der Waals surface area contributed by atoms with E-state index >= 15 is 0 Å². The molecule has 5 heteroatoms. The highest BCUT2D eigenvalue weighted by Crippen LogP contribution is 2.44. The molecule has 0 saturated heterocycles. The summed E-state index contributed by atoms with van der Waals surface area (Å²) in [6.45, 7) is 0. The van der Waals surface area contributed by atoms with Gasteiger partial charge in [0.1, 0.15) is 5.69 Å². The minimum atomic E-state index is 0.673. The molecule has 0 unspecified atom stereocenters. The van der Waals surface area contributed by atoms with Gasteiger partial charge in [-0.1, -0.05) is 176 Å². The predicted octanol–water partition coefficient (Wildman–Crippen LogP) is 14.4. The molecule has 0 spiro atoms. The second-order valence-electron chi connectivity index (χ2n) is 16.0. The highest BCUT2D eigenvalue weighted by atomic mass is 15.2. The molecule has 0 aliphatic rings. The van der Waals surface area contributed by atoms with Crippen molar-refractivity contribution in [1.29, 1.82) is 0 Å². The van der Waals surface area contributed by atoms with Gasteiger partial charge in [-0.25, -0.2) is 14.5 Å². The molecule has 0 N–H and O–H groups in total. The maximum Gasteiger partial charge on any atom is 0.160 e. The van der Waals surface area contributed by atoms with E-state index in [4.69, 9.17) is 15.1 Å². The van der Waals surface area contributed by atoms with E-state index in [-0.39, 0.29) is 0 Å². The second-order valence-corrected chi connectivity index (χ2v) is 16.0. The molecule has 0 radical (unpaired) electrons. The van der Waals surface area contributed by atoms with Gasteiger partial charge in [0.2, 0.25) is 0 Å². The molecule has 13 aromatic rings. The molecule has 5 aromatic heterocycles. The first kappa shape index (κ1) is 34.5. The van der Waals surface area contributed by atoms with E-state index in [9.17, 15) is 0 Å². The van der Waals surface area contributed by atoms with Crippen molar-refractivity contribution in [2.24, 2.45) is 0 Å². The van der Waals surface area contributed by atoms with Crippen LogP contribution in [0.3, 0.4) is 0 Å². The van der Waals surface area contributed by atoms with Gasteiger partial charge in [0.25, 0.3) is 0 Å². The van der Waals surface area contributed by atoms with Crippen LogP contribution in [0.4, 0.5) is 0 Å². The third kappa shape index (κ3) is 5.25. The number of para-hydroxylation sites is 2. The third-order valence-electron chi connectivity index (χ3n) is 12.5. The second kappa shape index (κ2) is 13.6. The van der Waals surface area contributed by atoms with Gasteiger partial charge in [0.05, 0.1) is 39.1 Å². The summed E-state index contributed by atoms with van der Waals surface area (Å²) in [5.41, 5.74) is 15.9. The molecule has 0 bridgehead atoms. The van der Waals surface area contributed by atoms with Crippen LogP contribution in [0.2, 0.25) is 0 Å². The van der Waals surface area contributed by atoms with E-state index in [2.05, 4.69) is 215 Å². The quantitative estimate of drug-likeness (QED) is 0.169. The molecule has 0 saturated carbocycles. The molecule has 5 heterocycles. The lowest BCUT2D eigenvalue weighted by molar-refractivity contribution is 0.979. The highest BCUT2D eigenvalue weighted by Gasteiger charge is 2.23. The minimum Gasteiger partial charge on any atom is -0.308 e. The fraction of sp³-hybridized carbons (Fsp3) is 0. The summed E-state index contributed by atoms with van der Waals surface area (Å²) in [6, 6.07) is 75.3. The van der Waals surface area contributed by atoms with Crippen molar-refractivity contribution in [1.82, 2.24) is 24.0 Å². The summed E-state index contributed by atoms with van der Waals surface area (Å²) in [7, 11) is 0. The van der Waals surface area contributed by atoms with Crippen LogP contribution in [-0.2, 0) is 0 Å². The largest absolute Gasteiger partial charge is 0.308 e. The Hall–Kier alpha value is -8.41. The summed E-state index contributed by atoms with van der Waals surface area (Å²) < 4.78 is 4.56. The van der Waals surface area contributed by atoms with E-state index in [0.29, 0.717) is 5.82 Å². The van der Waals surface area contributed by atoms with Crippen LogP contribution >= 0.6 is 0 Å². The first-order valence-electron chi connectivity index (χ1n) is 21.0. The minimum absolute atomic E-state index is 0.673. The number of benzene rings is 8. The average Bonchev–Trinajstić information content (AvgIpc) is 4.03. The maximum absolute atomic E-state index is 5.42. The van der Waals surface area contributed by atoms with Crippen molar-refractivity contribution in [3.63, 3.8) is 0 Å². The predicted molar refractivity (Wildman–Crippen MR) is 256 cm³/mol. The SMILES string of the molecule is c1ccc(-c2cc(-c3cc4c5ccccc5n5c6ccccc6c(c3)c45)nc(-c3ccc(-c4c(-c5ccccc5)nn5c(-c6ccccc6)cc6ccccc6c45)cc3)n2)cc1. The summed E-state index contributed by atoms with van der Waals surface area (Å²) in [5.74, 6) is 0.673. The van der Waals surface area contributed by atoms with Crippen LogP contribution in [0.5, 0.6) is 0 Å². The number of rotatable bonds is 6. The molecule has 288 valence electrons. The standard InChI is InChI=1S/C57H35N5/c1-4-16-36(17-5-1)48-35-49(42-32-46-44-24-12-14-26-50(44)61-51-27-15-13-25-45(51)47(33-42)55(46)61)59-57(58-48)40-30-28-38(29-31-40)53-54(39-20-8-3-9-21-39)60-62-52(37-18-6-2-7-19-37)34-41-22-10-11-23-43(41)56(53)62/h1-35H. The molecular formula is C57H35N5. The third-order valence-corrected chi connectivity index (χ3v) is 12.5. The van der Waals surface area contributed by atoms with Crippen LogP contribution in [0.1, 0.15) is 0 Å². The topological polar surface area (TPSA) is 47.5 Å². The number of pyridine rings is 1. The van der Waals surface area contributed by atoms with Crippen LogP contribution in [0, 0.1) is 0 Å². The molecule has 62 heavy (non-hydrogen) atoms. The van der Waals surface area contributed by atoms with Crippen molar-refractivity contribution < 1.29 is 0 Å². The molecule has 0 atom stereocenters. The van der Waals surface area contributed by atoms with Gasteiger partial charge in [-0.05, 0) is 47.3 Å². The van der Waals surface area contributed by atoms with E-state index in [1.165, 1.54) is 43.5 Å². The van der Waals surface area contributed by atoms with Crippen molar-refractivity contribution >= 4 is 54.4 Å². The Morgan fingerprint density at radius 1 is 0.339 bits per heavy atom. The van der Waals surface area contributed by atoms with Crippen molar-refractivity contribution in [3.05, 3.63) is 212 Å². The average molecular weight is 790 g/mol. The van der Waals surface area contributed by atoms with Gasteiger partial charge in [-0.15, -0.1) is 0 Å². The first-order valence-corrected chi connectivity index (χ1v) is 21.0. The van der Waals surface area contributed by atoms with Gasteiger partial charge >= 0.3 is 0 Å². The van der Waals surface area contributed by atoms with E-state index in [1.807, 2.05) is 6.07 Å². The number of aromatic nitrogens is 5. The number of hydrogen-bond acceptors (Lipinski definition) is 3. The molecule has 0 aliphatic carbocycles. The monoisotopic (exact) mass is 789 g/mol. The normalized spacial score (nSPS) is 11.9. The lowest BCUT2D eigenvalue weighted by atomic mass is 9.96. The zero-order valence-corrected chi connectivity index (χ0v) is 33.4. The van der Waals surface area contributed by atoms with Crippen LogP contribution in [-0.4, -0.2) is 24.0 Å². The summed E-state index contributed by atoms with van der Waals surface area (Å²) in [6.07, 6.45) is 0. The summed E-state index contributed by atoms with van der Waals surface area (Å²) >= 11 is 0. The number of nitrogens with zero attached hydrogens (tertiary/aromatic N) is 5. The Labute approximate surface area is 356 Å². The van der Waals surface area contributed by atoms with Gasteiger partial charge in [-0.2, -0.15) is 5.10 Å². The molecule has 0 fully saturated rings. The van der Waals surface area contributed by atoms with Gasteiger partial charge in [-0.3, -0.25) is 0 Å².